The molecule has 0 radical (unpaired) electrons. The fourth-order valence-corrected chi connectivity index (χ4v) is 6.44. The molecule has 118 valence electrons. The lowest BCUT2D eigenvalue weighted by molar-refractivity contribution is 0.368. The van der Waals surface area contributed by atoms with Gasteiger partial charge in [0, 0.05) is 5.56 Å². The largest absolute Gasteiger partial charge is 0.504 e. The molecule has 2 heteroatoms. The first-order valence-corrected chi connectivity index (χ1v) is 9.24. The van der Waals surface area contributed by atoms with Crippen LogP contribution < -0.4 is 0 Å². The van der Waals surface area contributed by atoms with Gasteiger partial charge < -0.3 is 10.2 Å². The van der Waals surface area contributed by atoms with Crippen molar-refractivity contribution in [1.82, 2.24) is 0 Å². The van der Waals surface area contributed by atoms with Crippen LogP contribution in [-0.2, 0) is 0 Å². The third kappa shape index (κ3) is 1.85. The van der Waals surface area contributed by atoms with Crippen molar-refractivity contribution in [3.63, 3.8) is 0 Å². The summed E-state index contributed by atoms with van der Waals surface area (Å²) in [5.41, 5.74) is 2.37. The Morgan fingerprint density at radius 1 is 0.727 bits per heavy atom. The Balaban J connectivity index is 1.52. The first kappa shape index (κ1) is 13.3. The number of hydrogen-bond acceptors (Lipinski definition) is 2. The summed E-state index contributed by atoms with van der Waals surface area (Å²) < 4.78 is 0. The van der Waals surface area contributed by atoms with E-state index in [9.17, 15) is 10.2 Å². The van der Waals surface area contributed by atoms with E-state index in [0.29, 0.717) is 11.8 Å². The van der Waals surface area contributed by atoms with Crippen molar-refractivity contribution in [1.29, 1.82) is 0 Å². The number of benzene rings is 1. The van der Waals surface area contributed by atoms with E-state index in [1.165, 1.54) is 56.9 Å². The summed E-state index contributed by atoms with van der Waals surface area (Å²) in [6, 6.07) is 4.13. The summed E-state index contributed by atoms with van der Waals surface area (Å²) in [4.78, 5) is 0. The van der Waals surface area contributed by atoms with Gasteiger partial charge in [-0.25, -0.2) is 0 Å². The second-order valence-electron chi connectivity index (χ2n) is 8.54. The van der Waals surface area contributed by atoms with Gasteiger partial charge in [0.15, 0.2) is 11.5 Å². The highest BCUT2D eigenvalue weighted by Crippen LogP contribution is 2.57. The molecule has 0 saturated heterocycles. The van der Waals surface area contributed by atoms with Crippen LogP contribution in [0.4, 0.5) is 0 Å². The zero-order chi connectivity index (χ0) is 14.8. The second-order valence-corrected chi connectivity index (χ2v) is 8.54. The van der Waals surface area contributed by atoms with Gasteiger partial charge in [-0.05, 0) is 85.7 Å². The zero-order valence-corrected chi connectivity index (χ0v) is 13.2. The standard InChI is InChI=1S/C20H26O2/c21-19-10-15(16-7-11-1-3-13(16)5-11)9-18(20(19)22)17-8-12-2-4-14(17)6-12/h9-14,16-17,21-22H,1-8H2. The normalized spacial score (nSPS) is 42.4. The summed E-state index contributed by atoms with van der Waals surface area (Å²) >= 11 is 0. The molecular weight excluding hydrogens is 272 g/mol. The van der Waals surface area contributed by atoms with E-state index in [1.54, 1.807) is 0 Å². The third-order valence-electron chi connectivity index (χ3n) is 7.45. The molecule has 5 rings (SSSR count). The lowest BCUT2D eigenvalue weighted by Gasteiger charge is -2.27. The highest BCUT2D eigenvalue weighted by molar-refractivity contribution is 5.51. The molecule has 6 atom stereocenters. The summed E-state index contributed by atoms with van der Waals surface area (Å²) in [7, 11) is 0. The lowest BCUT2D eigenvalue weighted by atomic mass is 9.78. The smallest absolute Gasteiger partial charge is 0.160 e. The number of phenolic OH excluding ortho intramolecular Hbond substituents is 2. The van der Waals surface area contributed by atoms with Gasteiger partial charge in [0.05, 0.1) is 0 Å². The first-order valence-electron chi connectivity index (χ1n) is 9.24. The highest BCUT2D eigenvalue weighted by atomic mass is 16.3. The maximum atomic E-state index is 10.4. The summed E-state index contributed by atoms with van der Waals surface area (Å²) in [5, 5.41) is 20.7. The van der Waals surface area contributed by atoms with Gasteiger partial charge in [0.2, 0.25) is 0 Å². The number of hydrogen-bond donors (Lipinski definition) is 2. The van der Waals surface area contributed by atoms with Crippen LogP contribution in [0.15, 0.2) is 12.1 Å². The molecule has 0 spiro atoms. The predicted octanol–water partition coefficient (Wildman–Crippen LogP) is 4.91. The van der Waals surface area contributed by atoms with E-state index in [0.717, 1.165) is 29.2 Å². The minimum atomic E-state index is 0.123. The van der Waals surface area contributed by atoms with Gasteiger partial charge in [-0.15, -0.1) is 0 Å². The van der Waals surface area contributed by atoms with Gasteiger partial charge in [-0.1, -0.05) is 18.9 Å². The van der Waals surface area contributed by atoms with Crippen LogP contribution in [0.5, 0.6) is 11.5 Å². The molecular formula is C20H26O2. The topological polar surface area (TPSA) is 40.5 Å². The fourth-order valence-electron chi connectivity index (χ4n) is 6.44. The minimum absolute atomic E-state index is 0.123. The second kappa shape index (κ2) is 4.66. The Morgan fingerprint density at radius 3 is 1.91 bits per heavy atom. The Bertz CT molecular complexity index is 608. The van der Waals surface area contributed by atoms with E-state index in [2.05, 4.69) is 6.07 Å². The number of fused-ring (bicyclic) bond motifs is 4. The minimum Gasteiger partial charge on any atom is -0.504 e. The molecule has 6 unspecified atom stereocenters. The van der Waals surface area contributed by atoms with Crippen LogP contribution in [0.25, 0.3) is 0 Å². The quantitative estimate of drug-likeness (QED) is 0.762. The average molecular weight is 298 g/mol. The summed E-state index contributed by atoms with van der Waals surface area (Å²) in [5.74, 6) is 4.75. The number of aromatic hydroxyl groups is 2. The van der Waals surface area contributed by atoms with Crippen molar-refractivity contribution in [2.75, 3.05) is 0 Å². The fraction of sp³-hybridized carbons (Fsp3) is 0.700. The van der Waals surface area contributed by atoms with Gasteiger partial charge in [-0.3, -0.25) is 0 Å². The van der Waals surface area contributed by atoms with Crippen LogP contribution in [0, 0.1) is 23.7 Å². The van der Waals surface area contributed by atoms with E-state index < -0.39 is 0 Å². The number of phenols is 2. The molecule has 2 N–H and O–H groups in total. The summed E-state index contributed by atoms with van der Waals surface area (Å²) in [6.07, 6.45) is 10.7. The van der Waals surface area contributed by atoms with Crippen molar-refractivity contribution in [3.05, 3.63) is 23.3 Å². The summed E-state index contributed by atoms with van der Waals surface area (Å²) in [6.45, 7) is 0. The van der Waals surface area contributed by atoms with Crippen molar-refractivity contribution in [2.45, 2.75) is 63.2 Å². The van der Waals surface area contributed by atoms with E-state index in [4.69, 9.17) is 0 Å². The Labute approximate surface area is 132 Å². The molecule has 4 aliphatic carbocycles. The molecule has 0 heterocycles. The van der Waals surface area contributed by atoms with Gasteiger partial charge in [-0.2, -0.15) is 0 Å². The average Bonchev–Trinajstić information content (AvgIpc) is 3.29. The van der Waals surface area contributed by atoms with Crippen LogP contribution in [0.2, 0.25) is 0 Å². The van der Waals surface area contributed by atoms with Crippen molar-refractivity contribution < 1.29 is 10.2 Å². The Morgan fingerprint density at radius 2 is 1.36 bits per heavy atom. The maximum absolute atomic E-state index is 10.4. The number of rotatable bonds is 2. The molecule has 1 aromatic rings. The maximum Gasteiger partial charge on any atom is 0.160 e. The molecule has 2 nitrogen and oxygen atoms in total. The predicted molar refractivity (Wildman–Crippen MR) is 86.1 cm³/mol. The van der Waals surface area contributed by atoms with Gasteiger partial charge >= 0.3 is 0 Å². The van der Waals surface area contributed by atoms with E-state index >= 15 is 0 Å². The third-order valence-corrected chi connectivity index (χ3v) is 7.45. The zero-order valence-electron chi connectivity index (χ0n) is 13.2. The Kier molecular flexibility index (Phi) is 2.81. The van der Waals surface area contributed by atoms with E-state index in [1.807, 2.05) is 6.07 Å². The molecule has 4 bridgehead atoms. The first-order chi connectivity index (χ1) is 10.7. The SMILES string of the molecule is Oc1cc(C2CC3CCC2C3)cc(C2CC3CCC2C3)c1O. The molecule has 0 amide bonds. The van der Waals surface area contributed by atoms with Crippen molar-refractivity contribution in [2.24, 2.45) is 23.7 Å². The van der Waals surface area contributed by atoms with Crippen molar-refractivity contribution >= 4 is 0 Å². The monoisotopic (exact) mass is 298 g/mol. The van der Waals surface area contributed by atoms with Crippen molar-refractivity contribution in [3.8, 4) is 11.5 Å². The molecule has 0 aromatic heterocycles. The highest BCUT2D eigenvalue weighted by Gasteiger charge is 2.43. The van der Waals surface area contributed by atoms with E-state index in [-0.39, 0.29) is 11.5 Å². The van der Waals surface area contributed by atoms with Gasteiger partial charge in [0.1, 0.15) is 0 Å². The molecule has 4 fully saturated rings. The molecule has 4 aliphatic rings. The lowest BCUT2D eigenvalue weighted by Crippen LogP contribution is -2.12. The van der Waals surface area contributed by atoms with Gasteiger partial charge in [0.25, 0.3) is 0 Å². The van der Waals surface area contributed by atoms with Crippen LogP contribution >= 0.6 is 0 Å². The van der Waals surface area contributed by atoms with Crippen LogP contribution in [0.1, 0.15) is 74.3 Å². The molecule has 4 saturated carbocycles. The molecule has 1 aromatic carbocycles. The van der Waals surface area contributed by atoms with Crippen LogP contribution in [-0.4, -0.2) is 10.2 Å². The van der Waals surface area contributed by atoms with Crippen LogP contribution in [0.3, 0.4) is 0 Å². The molecule has 0 aliphatic heterocycles. The Hall–Kier alpha value is -1.18. The molecule has 22 heavy (non-hydrogen) atoms.